The van der Waals surface area contributed by atoms with Crippen LogP contribution >= 0.6 is 15.9 Å². The number of carbonyl (C=O) groups excluding carboxylic acids is 1. The third-order valence-corrected chi connectivity index (χ3v) is 4.00. The first-order valence-corrected chi connectivity index (χ1v) is 8.52. The summed E-state index contributed by atoms with van der Waals surface area (Å²) in [4.78, 5) is 16.3. The Hall–Kier alpha value is -2.86. The van der Waals surface area contributed by atoms with Crippen molar-refractivity contribution in [3.8, 4) is 0 Å². The van der Waals surface area contributed by atoms with Crippen molar-refractivity contribution in [3.05, 3.63) is 76.9 Å². The molecule has 2 aromatic carbocycles. The maximum Gasteiger partial charge on any atom is 0.323 e. The van der Waals surface area contributed by atoms with Gasteiger partial charge in [-0.3, -0.25) is 0 Å². The van der Waals surface area contributed by atoms with Gasteiger partial charge in [0.1, 0.15) is 5.82 Å². The fourth-order valence-corrected chi connectivity index (χ4v) is 2.74. The summed E-state index contributed by atoms with van der Waals surface area (Å²) in [6.45, 7) is 2.02. The van der Waals surface area contributed by atoms with Crippen LogP contribution in [0.15, 0.2) is 71.3 Å². The number of carbonyl (C=O) groups is 1. The number of benzene rings is 2. The first-order chi connectivity index (χ1) is 12.1. The molecule has 3 aromatic rings. The van der Waals surface area contributed by atoms with E-state index in [1.165, 1.54) is 0 Å². The van der Waals surface area contributed by atoms with E-state index in [1.807, 2.05) is 61.5 Å². The van der Waals surface area contributed by atoms with Gasteiger partial charge in [0, 0.05) is 15.8 Å². The van der Waals surface area contributed by atoms with Gasteiger partial charge in [0.25, 0.3) is 0 Å². The van der Waals surface area contributed by atoms with Gasteiger partial charge in [-0.25, -0.2) is 9.78 Å². The van der Waals surface area contributed by atoms with Crippen LogP contribution in [0.3, 0.4) is 0 Å². The van der Waals surface area contributed by atoms with Crippen LogP contribution in [0.4, 0.5) is 27.7 Å². The van der Waals surface area contributed by atoms with E-state index in [-0.39, 0.29) is 6.03 Å². The zero-order valence-electron chi connectivity index (χ0n) is 13.6. The normalized spacial score (nSPS) is 10.2. The summed E-state index contributed by atoms with van der Waals surface area (Å²) in [6.07, 6.45) is 1.61. The molecule has 2 amide bonds. The third kappa shape index (κ3) is 4.81. The maximum atomic E-state index is 12.0. The molecule has 1 heterocycles. The van der Waals surface area contributed by atoms with Crippen molar-refractivity contribution in [2.75, 3.05) is 16.0 Å². The molecule has 6 heteroatoms. The van der Waals surface area contributed by atoms with E-state index in [4.69, 9.17) is 0 Å². The number of rotatable bonds is 4. The molecule has 1 aromatic heterocycles. The van der Waals surface area contributed by atoms with Crippen LogP contribution in [0.2, 0.25) is 0 Å². The predicted molar refractivity (Wildman–Crippen MR) is 105 cm³/mol. The average Bonchev–Trinajstić information content (AvgIpc) is 2.60. The van der Waals surface area contributed by atoms with Crippen molar-refractivity contribution in [2.45, 2.75) is 6.92 Å². The fourth-order valence-electron chi connectivity index (χ4n) is 2.26. The summed E-state index contributed by atoms with van der Waals surface area (Å²) in [7, 11) is 0. The van der Waals surface area contributed by atoms with Crippen molar-refractivity contribution < 1.29 is 4.79 Å². The van der Waals surface area contributed by atoms with Gasteiger partial charge in [0.15, 0.2) is 0 Å². The number of aryl methyl sites for hydroxylation is 1. The molecule has 0 aliphatic carbocycles. The van der Waals surface area contributed by atoms with Gasteiger partial charge in [-0.05, 0) is 55.0 Å². The standard InChI is InChI=1S/C19H17BrN4O/c1-13-11-14(20)7-9-17(13)24-18-10-8-16(12-21-18)23-19(25)22-15-5-3-2-4-6-15/h2-12H,1H3,(H,21,24)(H2,22,23,25). The van der Waals surface area contributed by atoms with Gasteiger partial charge in [0.2, 0.25) is 0 Å². The number of para-hydroxylation sites is 1. The van der Waals surface area contributed by atoms with E-state index in [0.717, 1.165) is 21.4 Å². The molecule has 0 spiro atoms. The highest BCUT2D eigenvalue weighted by Gasteiger charge is 2.04. The lowest BCUT2D eigenvalue weighted by atomic mass is 10.2. The zero-order valence-corrected chi connectivity index (χ0v) is 15.2. The minimum Gasteiger partial charge on any atom is -0.340 e. The van der Waals surface area contributed by atoms with Crippen molar-refractivity contribution in [1.82, 2.24) is 4.98 Å². The largest absolute Gasteiger partial charge is 0.340 e. The minimum absolute atomic E-state index is 0.308. The van der Waals surface area contributed by atoms with Crippen molar-refractivity contribution in [2.24, 2.45) is 0 Å². The van der Waals surface area contributed by atoms with E-state index < -0.39 is 0 Å². The van der Waals surface area contributed by atoms with E-state index in [0.29, 0.717) is 11.5 Å². The Balaban J connectivity index is 1.61. The monoisotopic (exact) mass is 396 g/mol. The third-order valence-electron chi connectivity index (χ3n) is 3.50. The number of hydrogen-bond acceptors (Lipinski definition) is 3. The van der Waals surface area contributed by atoms with Crippen LogP contribution in [0.25, 0.3) is 0 Å². The van der Waals surface area contributed by atoms with Crippen LogP contribution < -0.4 is 16.0 Å². The molecule has 0 aliphatic heterocycles. The van der Waals surface area contributed by atoms with Gasteiger partial charge >= 0.3 is 6.03 Å². The number of pyridine rings is 1. The Morgan fingerprint density at radius 1 is 0.960 bits per heavy atom. The Morgan fingerprint density at radius 2 is 1.72 bits per heavy atom. The first-order valence-electron chi connectivity index (χ1n) is 7.72. The highest BCUT2D eigenvalue weighted by molar-refractivity contribution is 9.10. The molecular weight excluding hydrogens is 380 g/mol. The van der Waals surface area contributed by atoms with Crippen molar-refractivity contribution >= 4 is 44.8 Å². The molecule has 0 saturated carbocycles. The Labute approximate surface area is 154 Å². The van der Waals surface area contributed by atoms with E-state index in [2.05, 4.69) is 36.9 Å². The van der Waals surface area contributed by atoms with Crippen LogP contribution in [-0.2, 0) is 0 Å². The molecule has 0 bridgehead atoms. The van der Waals surface area contributed by atoms with Gasteiger partial charge in [0.05, 0.1) is 11.9 Å². The number of anilines is 4. The smallest absolute Gasteiger partial charge is 0.323 e. The maximum absolute atomic E-state index is 12.0. The molecule has 0 radical (unpaired) electrons. The summed E-state index contributed by atoms with van der Waals surface area (Å²) in [5.74, 6) is 0.708. The van der Waals surface area contributed by atoms with Crippen molar-refractivity contribution in [1.29, 1.82) is 0 Å². The van der Waals surface area contributed by atoms with Crippen LogP contribution in [0, 0.1) is 6.92 Å². The number of nitrogens with one attached hydrogen (secondary N) is 3. The van der Waals surface area contributed by atoms with Gasteiger partial charge in [-0.2, -0.15) is 0 Å². The second kappa shape index (κ2) is 7.81. The quantitative estimate of drug-likeness (QED) is 0.542. The molecular formula is C19H17BrN4O. The molecule has 0 unspecified atom stereocenters. The summed E-state index contributed by atoms with van der Waals surface area (Å²) in [6, 6.07) is 18.6. The number of amides is 2. The van der Waals surface area contributed by atoms with Gasteiger partial charge in [-0.15, -0.1) is 0 Å². The lowest BCUT2D eigenvalue weighted by Crippen LogP contribution is -2.19. The first kappa shape index (κ1) is 17.0. The topological polar surface area (TPSA) is 66.0 Å². The number of nitrogens with zero attached hydrogens (tertiary/aromatic N) is 1. The molecule has 3 rings (SSSR count). The van der Waals surface area contributed by atoms with E-state index in [1.54, 1.807) is 12.3 Å². The second-order valence-corrected chi connectivity index (χ2v) is 6.38. The molecule has 0 fully saturated rings. The van der Waals surface area contributed by atoms with Gasteiger partial charge < -0.3 is 16.0 Å². The number of urea groups is 1. The molecule has 126 valence electrons. The van der Waals surface area contributed by atoms with Crippen LogP contribution in [-0.4, -0.2) is 11.0 Å². The van der Waals surface area contributed by atoms with Crippen LogP contribution in [0.5, 0.6) is 0 Å². The molecule has 5 nitrogen and oxygen atoms in total. The summed E-state index contributed by atoms with van der Waals surface area (Å²) in [5.41, 5.74) is 3.45. The lowest BCUT2D eigenvalue weighted by Gasteiger charge is -2.10. The van der Waals surface area contributed by atoms with E-state index in [9.17, 15) is 4.79 Å². The molecule has 0 aliphatic rings. The lowest BCUT2D eigenvalue weighted by molar-refractivity contribution is 0.262. The Bertz CT molecular complexity index is 866. The summed E-state index contributed by atoms with van der Waals surface area (Å²) < 4.78 is 1.03. The molecule has 0 saturated heterocycles. The van der Waals surface area contributed by atoms with Gasteiger partial charge in [-0.1, -0.05) is 34.1 Å². The Morgan fingerprint density at radius 3 is 2.40 bits per heavy atom. The highest BCUT2D eigenvalue weighted by atomic mass is 79.9. The number of aromatic nitrogens is 1. The Kier molecular flexibility index (Phi) is 5.30. The second-order valence-electron chi connectivity index (χ2n) is 5.46. The molecule has 25 heavy (non-hydrogen) atoms. The number of hydrogen-bond donors (Lipinski definition) is 3. The SMILES string of the molecule is Cc1cc(Br)ccc1Nc1ccc(NC(=O)Nc2ccccc2)cn1. The molecule has 3 N–H and O–H groups in total. The average molecular weight is 397 g/mol. The van der Waals surface area contributed by atoms with Crippen LogP contribution in [0.1, 0.15) is 5.56 Å². The highest BCUT2D eigenvalue weighted by Crippen LogP contribution is 2.23. The summed E-state index contributed by atoms with van der Waals surface area (Å²) in [5, 5.41) is 8.77. The zero-order chi connectivity index (χ0) is 17.6. The molecule has 0 atom stereocenters. The predicted octanol–water partition coefficient (Wildman–Crippen LogP) is 5.54. The summed E-state index contributed by atoms with van der Waals surface area (Å²) >= 11 is 3.45. The minimum atomic E-state index is -0.308. The van der Waals surface area contributed by atoms with E-state index >= 15 is 0 Å². The number of halogens is 1. The van der Waals surface area contributed by atoms with Crippen molar-refractivity contribution in [3.63, 3.8) is 0 Å². The fraction of sp³-hybridized carbons (Fsp3) is 0.0526.